The first kappa shape index (κ1) is 43.1. The molecule has 2 aliphatic carbocycles. The van der Waals surface area contributed by atoms with Gasteiger partial charge in [0, 0.05) is 55.5 Å². The zero-order valence-corrected chi connectivity index (χ0v) is 42.2. The summed E-state index contributed by atoms with van der Waals surface area (Å²) in [6, 6.07) is 99.2. The predicted octanol–water partition coefficient (Wildman–Crippen LogP) is 19.3. The van der Waals surface area contributed by atoms with Crippen molar-refractivity contribution in [3.05, 3.63) is 317 Å². The van der Waals surface area contributed by atoms with Gasteiger partial charge in [0.05, 0.1) is 16.5 Å². The van der Waals surface area contributed by atoms with Crippen molar-refractivity contribution in [1.29, 1.82) is 0 Å². The molecule has 4 nitrogen and oxygen atoms in total. The van der Waals surface area contributed by atoms with Crippen molar-refractivity contribution in [2.45, 2.75) is 10.8 Å². The molecule has 0 saturated carbocycles. The second kappa shape index (κ2) is 16.2. The summed E-state index contributed by atoms with van der Waals surface area (Å²) in [6.45, 7) is 0. The largest absolute Gasteiger partial charge is 0.457 e. The van der Waals surface area contributed by atoms with Crippen molar-refractivity contribution in [3.63, 3.8) is 0 Å². The number of hydrogen-bond donors (Lipinski definition) is 0. The Morgan fingerprint density at radius 2 is 0.731 bits per heavy atom. The van der Waals surface area contributed by atoms with Crippen molar-refractivity contribution in [1.82, 2.24) is 0 Å². The molecule has 2 spiro atoms. The predicted molar refractivity (Wildman–Crippen MR) is 314 cm³/mol. The fourth-order valence-electron chi connectivity index (χ4n) is 14.2. The molecule has 4 heteroatoms. The minimum Gasteiger partial charge on any atom is -0.457 e. The molecule has 0 N–H and O–H groups in total. The Morgan fingerprint density at radius 3 is 1.36 bits per heavy atom. The average Bonchev–Trinajstić information content (AvgIpc) is 4.29. The van der Waals surface area contributed by atoms with Gasteiger partial charge in [0.25, 0.3) is 0 Å². The Bertz CT molecular complexity index is 4570. The number of fused-ring (bicyclic) bond motifs is 21. The minimum absolute atomic E-state index is 0.583. The van der Waals surface area contributed by atoms with Gasteiger partial charge >= 0.3 is 0 Å². The number of nitrogens with zero attached hydrogens (tertiary/aromatic N) is 1. The molecule has 78 heavy (non-hydrogen) atoms. The highest BCUT2D eigenvalue weighted by Crippen LogP contribution is 2.66. The maximum absolute atomic E-state index is 6.76. The number of anilines is 3. The van der Waals surface area contributed by atoms with E-state index in [2.05, 4.69) is 272 Å². The van der Waals surface area contributed by atoms with Crippen LogP contribution in [-0.4, -0.2) is 0 Å². The molecule has 0 atom stereocenters. The summed E-state index contributed by atoms with van der Waals surface area (Å²) < 4.78 is 20.1. The van der Waals surface area contributed by atoms with Gasteiger partial charge in [0.1, 0.15) is 34.2 Å². The topological polar surface area (TPSA) is 34.8 Å². The average molecular weight is 996 g/mol. The van der Waals surface area contributed by atoms with Crippen LogP contribution in [0.4, 0.5) is 17.1 Å². The molecule has 0 unspecified atom stereocenters. The molecule has 0 bridgehead atoms. The SMILES string of the molecule is c1cc(-c2cccc3c2-c2ccccc2C32c3ccccc3Oc3ccccc32)cc(N(c2ccc(-c3cccc4c3oc3ccccc34)cc2)c2cccc3c2-c2ccccc2C32c3ccccc3Oc3ccccc32)c1. The molecule has 17 rings (SSSR count). The Balaban J connectivity index is 0.900. The Morgan fingerprint density at radius 1 is 0.282 bits per heavy atom. The summed E-state index contributed by atoms with van der Waals surface area (Å²) in [4.78, 5) is 2.48. The second-order valence-electron chi connectivity index (χ2n) is 20.9. The van der Waals surface area contributed by atoms with Crippen LogP contribution >= 0.6 is 0 Å². The van der Waals surface area contributed by atoms with Crippen molar-refractivity contribution in [2.75, 3.05) is 4.90 Å². The van der Waals surface area contributed by atoms with E-state index in [1.807, 2.05) is 6.07 Å². The van der Waals surface area contributed by atoms with Crippen LogP contribution < -0.4 is 14.4 Å². The molecule has 12 aromatic carbocycles. The van der Waals surface area contributed by atoms with Crippen molar-refractivity contribution in [3.8, 4) is 67.5 Å². The van der Waals surface area contributed by atoms with Crippen LogP contribution in [0.1, 0.15) is 44.5 Å². The zero-order chi connectivity index (χ0) is 51.1. The van der Waals surface area contributed by atoms with Crippen LogP contribution in [0.3, 0.4) is 0 Å². The lowest BCUT2D eigenvalue weighted by Gasteiger charge is -2.39. The van der Waals surface area contributed by atoms with E-state index >= 15 is 0 Å². The number of benzene rings is 12. The summed E-state index contributed by atoms with van der Waals surface area (Å²) in [7, 11) is 0. The molecule has 0 fully saturated rings. The van der Waals surface area contributed by atoms with Crippen molar-refractivity contribution >= 4 is 39.0 Å². The highest BCUT2D eigenvalue weighted by Gasteiger charge is 2.53. The summed E-state index contributed by atoms with van der Waals surface area (Å²) in [6.07, 6.45) is 0. The number of ether oxygens (including phenoxy) is 2. The Labute approximate surface area is 451 Å². The molecule has 1 aromatic heterocycles. The zero-order valence-electron chi connectivity index (χ0n) is 42.2. The molecule has 2 aliphatic heterocycles. The van der Waals surface area contributed by atoms with Crippen LogP contribution in [0.2, 0.25) is 0 Å². The quantitative estimate of drug-likeness (QED) is 0.172. The number of furan rings is 1. The summed E-state index contributed by atoms with van der Waals surface area (Å²) in [5, 5.41) is 2.23. The standard InChI is InChI=1S/C74H45NO3/c1-4-27-56-54(22-1)70-50(24-17-33-62(70)73(56)58-29-6-11-37-66(58)76-67-38-12-7-30-59(67)73)47-19-15-20-49(45-47)75(48-43-41-46(42-44-48)51-25-16-26-53-52-21-3-10-36-65(52)78-72(51)53)64-35-18-34-63-71(64)55-23-2-5-28-57(55)74(63)60-31-8-13-39-68(60)77-69-40-14-9-32-61(69)74/h1-45H. The number of hydrogen-bond acceptors (Lipinski definition) is 4. The second-order valence-corrected chi connectivity index (χ2v) is 20.9. The molecule has 364 valence electrons. The van der Waals surface area contributed by atoms with E-state index in [0.717, 1.165) is 101 Å². The van der Waals surface area contributed by atoms with Gasteiger partial charge in [0.15, 0.2) is 0 Å². The third kappa shape index (κ3) is 5.68. The fourth-order valence-corrected chi connectivity index (χ4v) is 14.2. The van der Waals surface area contributed by atoms with E-state index in [9.17, 15) is 0 Å². The van der Waals surface area contributed by atoms with E-state index in [4.69, 9.17) is 13.9 Å². The van der Waals surface area contributed by atoms with Gasteiger partial charge in [-0.2, -0.15) is 0 Å². The van der Waals surface area contributed by atoms with E-state index in [1.165, 1.54) is 50.1 Å². The maximum atomic E-state index is 6.76. The van der Waals surface area contributed by atoms with Gasteiger partial charge in [0.2, 0.25) is 0 Å². The van der Waals surface area contributed by atoms with E-state index in [-0.39, 0.29) is 0 Å². The monoisotopic (exact) mass is 995 g/mol. The van der Waals surface area contributed by atoms with Crippen LogP contribution in [0.15, 0.2) is 277 Å². The molecule has 0 saturated heterocycles. The summed E-state index contributed by atoms with van der Waals surface area (Å²) in [5.41, 5.74) is 22.6. The van der Waals surface area contributed by atoms with Gasteiger partial charge in [-0.25, -0.2) is 0 Å². The van der Waals surface area contributed by atoms with E-state index < -0.39 is 10.8 Å². The van der Waals surface area contributed by atoms with Crippen LogP contribution in [0.25, 0.3) is 66.4 Å². The third-order valence-electron chi connectivity index (χ3n) is 17.2. The molecule has 4 aliphatic rings. The first-order chi connectivity index (χ1) is 38.7. The first-order valence-corrected chi connectivity index (χ1v) is 26.8. The molecule has 0 radical (unpaired) electrons. The third-order valence-corrected chi connectivity index (χ3v) is 17.2. The van der Waals surface area contributed by atoms with E-state index in [1.54, 1.807) is 0 Å². The lowest BCUT2D eigenvalue weighted by molar-refractivity contribution is 0.436. The number of para-hydroxylation sites is 6. The number of rotatable bonds is 5. The smallest absolute Gasteiger partial charge is 0.143 e. The van der Waals surface area contributed by atoms with Crippen molar-refractivity contribution in [2.24, 2.45) is 0 Å². The molecule has 13 aromatic rings. The molecule has 0 amide bonds. The highest BCUT2D eigenvalue weighted by molar-refractivity contribution is 6.10. The lowest BCUT2D eigenvalue weighted by Crippen LogP contribution is -2.32. The lowest BCUT2D eigenvalue weighted by atomic mass is 9.66. The highest BCUT2D eigenvalue weighted by atomic mass is 16.5. The Hall–Kier alpha value is -10.2. The molecular formula is C74H45NO3. The van der Waals surface area contributed by atoms with Gasteiger partial charge in [-0.15, -0.1) is 0 Å². The first-order valence-electron chi connectivity index (χ1n) is 26.8. The van der Waals surface area contributed by atoms with Crippen LogP contribution in [0, 0.1) is 0 Å². The van der Waals surface area contributed by atoms with Crippen LogP contribution in [-0.2, 0) is 10.8 Å². The Kier molecular flexibility index (Phi) is 8.94. The van der Waals surface area contributed by atoms with Gasteiger partial charge in [-0.3, -0.25) is 0 Å². The summed E-state index contributed by atoms with van der Waals surface area (Å²) in [5.74, 6) is 3.51. The maximum Gasteiger partial charge on any atom is 0.143 e. The van der Waals surface area contributed by atoms with Gasteiger partial charge < -0.3 is 18.8 Å². The van der Waals surface area contributed by atoms with Crippen molar-refractivity contribution < 1.29 is 13.9 Å². The van der Waals surface area contributed by atoms with E-state index in [0.29, 0.717) is 0 Å². The molecular weight excluding hydrogens is 951 g/mol. The van der Waals surface area contributed by atoms with Crippen LogP contribution in [0.5, 0.6) is 23.0 Å². The summed E-state index contributed by atoms with van der Waals surface area (Å²) >= 11 is 0. The normalized spacial score (nSPS) is 14.1. The molecule has 3 heterocycles. The minimum atomic E-state index is -0.634. The fraction of sp³-hybridized carbons (Fsp3) is 0.0270. The van der Waals surface area contributed by atoms with Gasteiger partial charge in [-0.05, 0) is 116 Å². The van der Waals surface area contributed by atoms with Gasteiger partial charge in [-0.1, -0.05) is 212 Å².